The van der Waals surface area contributed by atoms with Gasteiger partial charge in [0.05, 0.1) is 13.2 Å². The van der Waals surface area contributed by atoms with Crippen molar-refractivity contribution in [1.82, 2.24) is 5.32 Å². The Morgan fingerprint density at radius 1 is 1.35 bits per heavy atom. The standard InChI is InChI=1S/C13H21NO6/c1-7(16)14-8-9-10(19-12(2,3)18-9)13(6-15)4-5-17-11(8)20-13/h8-11,15H,4-6H2,1-3H3,(H,14,16)/t8-,9?,10-,11?,13-/m1/s1. The highest BCUT2D eigenvalue weighted by atomic mass is 16.8. The molecule has 114 valence electrons. The van der Waals surface area contributed by atoms with Crippen molar-refractivity contribution in [3.8, 4) is 0 Å². The van der Waals surface area contributed by atoms with Crippen LogP contribution in [0.25, 0.3) is 0 Å². The lowest BCUT2D eigenvalue weighted by Crippen LogP contribution is -2.71. The molecule has 2 bridgehead atoms. The molecule has 3 aliphatic heterocycles. The average molecular weight is 287 g/mol. The topological polar surface area (TPSA) is 86.3 Å². The second kappa shape index (κ2) is 4.64. The van der Waals surface area contributed by atoms with E-state index in [1.807, 2.05) is 13.8 Å². The summed E-state index contributed by atoms with van der Waals surface area (Å²) in [5.74, 6) is -0.967. The van der Waals surface area contributed by atoms with E-state index < -0.39 is 35.9 Å². The molecule has 7 heteroatoms. The molecule has 20 heavy (non-hydrogen) atoms. The maximum absolute atomic E-state index is 11.4. The van der Waals surface area contributed by atoms with Crippen molar-refractivity contribution >= 4 is 5.91 Å². The summed E-state index contributed by atoms with van der Waals surface area (Å²) in [6.07, 6.45) is -0.925. The van der Waals surface area contributed by atoms with Crippen molar-refractivity contribution in [3.05, 3.63) is 0 Å². The van der Waals surface area contributed by atoms with E-state index in [4.69, 9.17) is 18.9 Å². The van der Waals surface area contributed by atoms with Gasteiger partial charge in [0.1, 0.15) is 23.9 Å². The highest BCUT2D eigenvalue weighted by Gasteiger charge is 2.63. The molecule has 5 atom stereocenters. The summed E-state index contributed by atoms with van der Waals surface area (Å²) in [4.78, 5) is 11.4. The first-order valence-corrected chi connectivity index (χ1v) is 6.90. The van der Waals surface area contributed by atoms with Gasteiger partial charge in [-0.05, 0) is 13.8 Å². The summed E-state index contributed by atoms with van der Waals surface area (Å²) in [6, 6.07) is -0.445. The highest BCUT2D eigenvalue weighted by Crippen LogP contribution is 2.45. The number of amides is 1. The summed E-state index contributed by atoms with van der Waals surface area (Å²) in [5, 5.41) is 12.6. The maximum atomic E-state index is 11.4. The predicted octanol–water partition coefficient (Wildman–Crippen LogP) is -0.481. The Labute approximate surface area is 117 Å². The molecule has 0 spiro atoms. The largest absolute Gasteiger partial charge is 0.393 e. The van der Waals surface area contributed by atoms with E-state index in [0.717, 1.165) is 0 Å². The fraction of sp³-hybridized carbons (Fsp3) is 0.923. The molecular formula is C13H21NO6. The lowest BCUT2D eigenvalue weighted by atomic mass is 9.82. The average Bonchev–Trinajstić information content (AvgIpc) is 2.71. The first-order valence-electron chi connectivity index (χ1n) is 6.90. The van der Waals surface area contributed by atoms with Crippen molar-refractivity contribution in [1.29, 1.82) is 0 Å². The molecule has 0 aromatic heterocycles. The van der Waals surface area contributed by atoms with E-state index in [-0.39, 0.29) is 12.5 Å². The van der Waals surface area contributed by atoms with Crippen LogP contribution in [0.3, 0.4) is 0 Å². The Morgan fingerprint density at radius 3 is 2.75 bits per heavy atom. The molecule has 3 rings (SSSR count). The van der Waals surface area contributed by atoms with Crippen LogP contribution in [0.4, 0.5) is 0 Å². The number of ether oxygens (including phenoxy) is 4. The monoisotopic (exact) mass is 287 g/mol. The molecule has 0 aromatic rings. The minimum atomic E-state index is -0.823. The Kier molecular flexibility index (Phi) is 3.30. The first kappa shape index (κ1) is 14.2. The van der Waals surface area contributed by atoms with Gasteiger partial charge in [0.15, 0.2) is 12.1 Å². The first-order chi connectivity index (χ1) is 9.37. The number of nitrogens with one attached hydrogen (secondary N) is 1. The summed E-state index contributed by atoms with van der Waals surface area (Å²) in [7, 11) is 0. The van der Waals surface area contributed by atoms with Gasteiger partial charge in [-0.1, -0.05) is 0 Å². The Bertz CT molecular complexity index is 414. The SMILES string of the molecule is CC(=O)N[C@H]1C2OCC[C@](CO)(O2)[C@@H]2OC(C)(C)OC12. The minimum Gasteiger partial charge on any atom is -0.393 e. The van der Waals surface area contributed by atoms with Gasteiger partial charge in [-0.25, -0.2) is 0 Å². The molecule has 3 fully saturated rings. The normalized spacial score (nSPS) is 45.8. The van der Waals surface area contributed by atoms with Crippen LogP contribution in [0.1, 0.15) is 27.2 Å². The molecule has 0 aromatic carbocycles. The van der Waals surface area contributed by atoms with Gasteiger partial charge in [0, 0.05) is 13.3 Å². The quantitative estimate of drug-likeness (QED) is 0.713. The molecule has 0 saturated carbocycles. The molecule has 1 amide bonds. The number of hydrogen-bond acceptors (Lipinski definition) is 6. The third-order valence-electron chi connectivity index (χ3n) is 4.09. The Hall–Kier alpha value is -0.730. The summed E-state index contributed by atoms with van der Waals surface area (Å²) in [5.41, 5.74) is -0.823. The van der Waals surface area contributed by atoms with Crippen LogP contribution in [-0.4, -0.2) is 60.2 Å². The van der Waals surface area contributed by atoms with Crippen molar-refractivity contribution in [2.24, 2.45) is 0 Å². The van der Waals surface area contributed by atoms with Gasteiger partial charge >= 0.3 is 0 Å². The zero-order valence-electron chi connectivity index (χ0n) is 11.9. The number of rotatable bonds is 2. The number of hydrogen-bond donors (Lipinski definition) is 2. The lowest BCUT2D eigenvalue weighted by molar-refractivity contribution is -0.330. The zero-order chi connectivity index (χ0) is 14.5. The molecule has 7 nitrogen and oxygen atoms in total. The third kappa shape index (κ3) is 2.14. The van der Waals surface area contributed by atoms with Crippen LogP contribution in [0.5, 0.6) is 0 Å². The number of fused-ring (bicyclic) bond motifs is 4. The second-order valence-electron chi connectivity index (χ2n) is 6.08. The van der Waals surface area contributed by atoms with Crippen molar-refractivity contribution in [2.75, 3.05) is 13.2 Å². The molecule has 2 unspecified atom stereocenters. The van der Waals surface area contributed by atoms with Gasteiger partial charge in [-0.15, -0.1) is 0 Å². The van der Waals surface area contributed by atoms with E-state index >= 15 is 0 Å². The van der Waals surface area contributed by atoms with Gasteiger partial charge in [0.2, 0.25) is 5.91 Å². The van der Waals surface area contributed by atoms with E-state index in [1.165, 1.54) is 6.92 Å². The number of aliphatic hydroxyl groups is 1. The van der Waals surface area contributed by atoms with Crippen LogP contribution in [0, 0.1) is 0 Å². The fourth-order valence-corrected chi connectivity index (χ4v) is 3.26. The van der Waals surface area contributed by atoms with Gasteiger partial charge in [-0.3, -0.25) is 4.79 Å². The van der Waals surface area contributed by atoms with Crippen molar-refractivity contribution in [2.45, 2.75) is 63.1 Å². The van der Waals surface area contributed by atoms with E-state index in [1.54, 1.807) is 0 Å². The van der Waals surface area contributed by atoms with Crippen LogP contribution in [-0.2, 0) is 23.7 Å². The molecule has 3 aliphatic rings. The number of aliphatic hydroxyl groups excluding tert-OH is 1. The molecule has 0 radical (unpaired) electrons. The predicted molar refractivity (Wildman–Crippen MR) is 66.7 cm³/mol. The number of carbonyl (C=O) groups is 1. The third-order valence-corrected chi connectivity index (χ3v) is 4.09. The van der Waals surface area contributed by atoms with Crippen LogP contribution < -0.4 is 5.32 Å². The van der Waals surface area contributed by atoms with Crippen LogP contribution in [0.15, 0.2) is 0 Å². The van der Waals surface area contributed by atoms with Gasteiger partial charge < -0.3 is 29.4 Å². The number of carbonyl (C=O) groups excluding carboxylic acids is 1. The van der Waals surface area contributed by atoms with E-state index in [9.17, 15) is 9.90 Å². The Morgan fingerprint density at radius 2 is 2.10 bits per heavy atom. The molecule has 2 N–H and O–H groups in total. The van der Waals surface area contributed by atoms with Crippen LogP contribution >= 0.6 is 0 Å². The zero-order valence-corrected chi connectivity index (χ0v) is 11.9. The van der Waals surface area contributed by atoms with E-state index in [2.05, 4.69) is 5.32 Å². The summed E-state index contributed by atoms with van der Waals surface area (Å²) < 4.78 is 23.3. The summed E-state index contributed by atoms with van der Waals surface area (Å²) >= 11 is 0. The van der Waals surface area contributed by atoms with Crippen molar-refractivity contribution in [3.63, 3.8) is 0 Å². The Balaban J connectivity index is 1.94. The molecule has 3 saturated heterocycles. The van der Waals surface area contributed by atoms with Gasteiger partial charge in [0.25, 0.3) is 0 Å². The van der Waals surface area contributed by atoms with Gasteiger partial charge in [-0.2, -0.15) is 0 Å². The molecular weight excluding hydrogens is 266 g/mol. The molecule has 0 aliphatic carbocycles. The second-order valence-corrected chi connectivity index (χ2v) is 6.08. The lowest BCUT2D eigenvalue weighted by Gasteiger charge is -2.51. The molecule has 3 heterocycles. The van der Waals surface area contributed by atoms with Crippen molar-refractivity contribution < 1.29 is 28.8 Å². The summed E-state index contributed by atoms with van der Waals surface area (Å²) in [6.45, 7) is 5.35. The fourth-order valence-electron chi connectivity index (χ4n) is 3.26. The maximum Gasteiger partial charge on any atom is 0.217 e. The minimum absolute atomic E-state index is 0.166. The van der Waals surface area contributed by atoms with E-state index in [0.29, 0.717) is 13.0 Å². The smallest absolute Gasteiger partial charge is 0.217 e. The highest BCUT2D eigenvalue weighted by molar-refractivity contribution is 5.73. The van der Waals surface area contributed by atoms with Crippen LogP contribution in [0.2, 0.25) is 0 Å².